The smallest absolute Gasteiger partial charge is 0.199 e. The van der Waals surface area contributed by atoms with Gasteiger partial charge < -0.3 is 10.8 Å². The molecular formula is C10H14N4O. The highest BCUT2D eigenvalue weighted by Gasteiger charge is 2.08. The largest absolute Gasteiger partial charge is 0.503 e. The Morgan fingerprint density at radius 1 is 1.53 bits per heavy atom. The van der Waals surface area contributed by atoms with Crippen molar-refractivity contribution in [2.45, 2.75) is 26.2 Å². The van der Waals surface area contributed by atoms with Crippen molar-refractivity contribution in [2.24, 2.45) is 0 Å². The van der Waals surface area contributed by atoms with Crippen LogP contribution in [-0.2, 0) is 6.42 Å². The standard InChI is InChI=1S/C10H14N4O/c1-2-3-4-7-5-9(11)14-10(13-7)8(15)6-12-14/h5-6,15H,2-4,11H2,1H3. The molecule has 0 aliphatic heterocycles. The van der Waals surface area contributed by atoms with E-state index in [1.54, 1.807) is 6.07 Å². The number of nitrogens with two attached hydrogens (primary N) is 1. The van der Waals surface area contributed by atoms with Gasteiger partial charge in [-0.25, -0.2) is 4.98 Å². The Kier molecular flexibility index (Phi) is 2.45. The third kappa shape index (κ3) is 1.72. The molecule has 0 radical (unpaired) electrons. The molecule has 0 aromatic carbocycles. The minimum absolute atomic E-state index is 0.0695. The fourth-order valence-electron chi connectivity index (χ4n) is 1.51. The molecular weight excluding hydrogens is 192 g/mol. The minimum atomic E-state index is 0.0695. The van der Waals surface area contributed by atoms with Crippen molar-refractivity contribution < 1.29 is 5.11 Å². The number of hydrogen-bond acceptors (Lipinski definition) is 4. The number of nitrogens with zero attached hydrogens (tertiary/aromatic N) is 3. The highest BCUT2D eigenvalue weighted by atomic mass is 16.3. The first kappa shape index (κ1) is 9.76. The first-order valence-corrected chi connectivity index (χ1v) is 5.04. The van der Waals surface area contributed by atoms with Crippen molar-refractivity contribution >= 4 is 11.5 Å². The first-order valence-electron chi connectivity index (χ1n) is 5.04. The van der Waals surface area contributed by atoms with Crippen molar-refractivity contribution in [2.75, 3.05) is 5.73 Å². The van der Waals surface area contributed by atoms with E-state index in [0.29, 0.717) is 11.5 Å². The summed E-state index contributed by atoms with van der Waals surface area (Å²) in [5.41, 5.74) is 7.12. The summed E-state index contributed by atoms with van der Waals surface area (Å²) in [5, 5.41) is 13.4. The molecule has 0 unspecified atom stereocenters. The number of rotatable bonds is 3. The number of hydrogen-bond donors (Lipinski definition) is 2. The number of aromatic nitrogens is 3. The minimum Gasteiger partial charge on any atom is -0.503 e. The van der Waals surface area contributed by atoms with Gasteiger partial charge >= 0.3 is 0 Å². The molecule has 15 heavy (non-hydrogen) atoms. The van der Waals surface area contributed by atoms with Gasteiger partial charge in [0.2, 0.25) is 0 Å². The van der Waals surface area contributed by atoms with Crippen LogP contribution >= 0.6 is 0 Å². The number of aromatic hydroxyl groups is 1. The van der Waals surface area contributed by atoms with Gasteiger partial charge in [0.05, 0.1) is 6.20 Å². The van der Waals surface area contributed by atoms with Crippen molar-refractivity contribution in [3.8, 4) is 5.75 Å². The van der Waals surface area contributed by atoms with Crippen LogP contribution in [0.25, 0.3) is 5.65 Å². The quantitative estimate of drug-likeness (QED) is 0.795. The molecule has 5 nitrogen and oxygen atoms in total. The summed E-state index contributed by atoms with van der Waals surface area (Å²) < 4.78 is 1.44. The van der Waals surface area contributed by atoms with Crippen LogP contribution in [0.5, 0.6) is 5.75 Å². The highest BCUT2D eigenvalue weighted by molar-refractivity contribution is 5.56. The number of nitrogen functional groups attached to an aromatic ring is 1. The van der Waals surface area contributed by atoms with E-state index in [2.05, 4.69) is 17.0 Å². The van der Waals surface area contributed by atoms with E-state index in [9.17, 15) is 5.11 Å². The summed E-state index contributed by atoms with van der Waals surface area (Å²) in [7, 11) is 0. The lowest BCUT2D eigenvalue weighted by Crippen LogP contribution is -2.02. The molecule has 0 aliphatic carbocycles. The summed E-state index contributed by atoms with van der Waals surface area (Å²) in [6, 6.07) is 1.80. The van der Waals surface area contributed by atoms with Gasteiger partial charge in [-0.05, 0) is 12.8 Å². The summed E-state index contributed by atoms with van der Waals surface area (Å²) in [4.78, 5) is 4.30. The second kappa shape index (κ2) is 3.76. The maximum Gasteiger partial charge on any atom is 0.199 e. The van der Waals surface area contributed by atoms with Gasteiger partial charge in [0.15, 0.2) is 11.4 Å². The summed E-state index contributed by atoms with van der Waals surface area (Å²) in [6.45, 7) is 2.12. The Balaban J connectivity index is 2.45. The molecule has 0 fully saturated rings. The Labute approximate surface area is 87.6 Å². The molecule has 0 aliphatic rings. The zero-order valence-corrected chi connectivity index (χ0v) is 8.64. The van der Waals surface area contributed by atoms with Crippen molar-refractivity contribution in [3.63, 3.8) is 0 Å². The van der Waals surface area contributed by atoms with E-state index in [4.69, 9.17) is 5.73 Å². The molecule has 2 aromatic heterocycles. The second-order valence-electron chi connectivity index (χ2n) is 3.54. The molecule has 0 saturated carbocycles. The predicted molar refractivity (Wildman–Crippen MR) is 57.7 cm³/mol. The Morgan fingerprint density at radius 3 is 3.07 bits per heavy atom. The molecule has 2 heterocycles. The van der Waals surface area contributed by atoms with Crippen LogP contribution in [0.1, 0.15) is 25.5 Å². The topological polar surface area (TPSA) is 76.4 Å². The average Bonchev–Trinajstić information content (AvgIpc) is 2.58. The third-order valence-electron chi connectivity index (χ3n) is 2.32. The second-order valence-corrected chi connectivity index (χ2v) is 3.54. The average molecular weight is 206 g/mol. The summed E-state index contributed by atoms with van der Waals surface area (Å²) >= 11 is 0. The van der Waals surface area contributed by atoms with Crippen LogP contribution in [0.15, 0.2) is 12.3 Å². The molecule has 0 atom stereocenters. The van der Waals surface area contributed by atoms with Crippen LogP contribution in [0, 0.1) is 0 Å². The van der Waals surface area contributed by atoms with Crippen LogP contribution in [-0.4, -0.2) is 19.7 Å². The highest BCUT2D eigenvalue weighted by Crippen LogP contribution is 2.19. The van der Waals surface area contributed by atoms with Gasteiger partial charge in [0, 0.05) is 11.8 Å². The number of aryl methyl sites for hydroxylation is 1. The SMILES string of the molecule is CCCCc1cc(N)n2ncc(O)c2n1. The van der Waals surface area contributed by atoms with Gasteiger partial charge in [0.1, 0.15) is 5.82 Å². The third-order valence-corrected chi connectivity index (χ3v) is 2.32. The van der Waals surface area contributed by atoms with E-state index >= 15 is 0 Å². The molecule has 0 amide bonds. The maximum atomic E-state index is 9.48. The fourth-order valence-corrected chi connectivity index (χ4v) is 1.51. The van der Waals surface area contributed by atoms with E-state index < -0.39 is 0 Å². The number of anilines is 1. The van der Waals surface area contributed by atoms with Crippen molar-refractivity contribution in [1.29, 1.82) is 0 Å². The predicted octanol–water partition coefficient (Wildman–Crippen LogP) is 1.36. The molecule has 2 rings (SSSR count). The number of unbranched alkanes of at least 4 members (excludes halogenated alkanes) is 1. The lowest BCUT2D eigenvalue weighted by molar-refractivity contribution is 0.479. The Hall–Kier alpha value is -1.78. The van der Waals surface area contributed by atoms with E-state index in [0.717, 1.165) is 25.0 Å². The van der Waals surface area contributed by atoms with Crippen molar-refractivity contribution in [3.05, 3.63) is 18.0 Å². The zero-order valence-electron chi connectivity index (χ0n) is 8.64. The van der Waals surface area contributed by atoms with Gasteiger partial charge in [-0.1, -0.05) is 13.3 Å². The molecule has 2 aromatic rings. The Bertz CT molecular complexity index is 477. The lowest BCUT2D eigenvalue weighted by Gasteiger charge is -2.03. The molecule has 0 saturated heterocycles. The normalized spacial score (nSPS) is 11.0. The van der Waals surface area contributed by atoms with Crippen LogP contribution < -0.4 is 5.73 Å². The lowest BCUT2D eigenvalue weighted by atomic mass is 10.2. The van der Waals surface area contributed by atoms with Crippen LogP contribution in [0.4, 0.5) is 5.82 Å². The van der Waals surface area contributed by atoms with E-state index in [1.807, 2.05) is 0 Å². The summed E-state index contributed by atoms with van der Waals surface area (Å²) in [6.07, 6.45) is 4.40. The van der Waals surface area contributed by atoms with Gasteiger partial charge in [0.25, 0.3) is 0 Å². The maximum absolute atomic E-state index is 9.48. The van der Waals surface area contributed by atoms with E-state index in [1.165, 1.54) is 10.7 Å². The molecule has 80 valence electrons. The van der Waals surface area contributed by atoms with Crippen LogP contribution in [0.3, 0.4) is 0 Å². The zero-order chi connectivity index (χ0) is 10.8. The number of fused-ring (bicyclic) bond motifs is 1. The molecule has 5 heteroatoms. The van der Waals surface area contributed by atoms with Crippen molar-refractivity contribution in [1.82, 2.24) is 14.6 Å². The van der Waals surface area contributed by atoms with Crippen LogP contribution in [0.2, 0.25) is 0 Å². The molecule has 0 spiro atoms. The summed E-state index contributed by atoms with van der Waals surface area (Å²) in [5.74, 6) is 0.575. The van der Waals surface area contributed by atoms with Gasteiger partial charge in [-0.2, -0.15) is 9.61 Å². The van der Waals surface area contributed by atoms with Gasteiger partial charge in [-0.15, -0.1) is 0 Å². The van der Waals surface area contributed by atoms with E-state index in [-0.39, 0.29) is 5.75 Å². The molecule has 0 bridgehead atoms. The monoisotopic (exact) mass is 206 g/mol. The Morgan fingerprint density at radius 2 is 2.33 bits per heavy atom. The first-order chi connectivity index (χ1) is 7.22. The fraction of sp³-hybridized carbons (Fsp3) is 0.400. The molecule has 3 N–H and O–H groups in total. The van der Waals surface area contributed by atoms with Gasteiger partial charge in [-0.3, -0.25) is 0 Å².